The van der Waals surface area contributed by atoms with Gasteiger partial charge in [-0.05, 0) is 45.9 Å². The molecule has 0 saturated heterocycles. The van der Waals surface area contributed by atoms with Crippen LogP contribution >= 0.6 is 0 Å². The number of hydrogen-bond donors (Lipinski definition) is 1. The largest absolute Gasteiger partial charge is 0.497 e. The summed E-state index contributed by atoms with van der Waals surface area (Å²) < 4.78 is 10.8. The first-order valence-corrected chi connectivity index (χ1v) is 6.34. The molecule has 0 aliphatic carbocycles. The summed E-state index contributed by atoms with van der Waals surface area (Å²) in [6.45, 7) is 8.70. The first-order chi connectivity index (χ1) is 8.85. The van der Waals surface area contributed by atoms with Crippen molar-refractivity contribution in [2.24, 2.45) is 0 Å². The fourth-order valence-electron chi connectivity index (χ4n) is 1.51. The number of methoxy groups -OCH3 is 1. The lowest BCUT2D eigenvalue weighted by molar-refractivity contribution is 0.271. The first kappa shape index (κ1) is 15.3. The van der Waals surface area contributed by atoms with E-state index in [4.69, 9.17) is 14.7 Å². The molecule has 104 valence electrons. The van der Waals surface area contributed by atoms with Crippen LogP contribution in [0.1, 0.15) is 33.3 Å². The highest BCUT2D eigenvalue weighted by atomic mass is 16.5. The third kappa shape index (κ3) is 5.19. The predicted molar refractivity (Wildman–Crippen MR) is 75.3 cm³/mol. The van der Waals surface area contributed by atoms with Gasteiger partial charge in [-0.25, -0.2) is 0 Å². The van der Waals surface area contributed by atoms with E-state index in [-0.39, 0.29) is 5.54 Å². The van der Waals surface area contributed by atoms with Gasteiger partial charge >= 0.3 is 0 Å². The van der Waals surface area contributed by atoms with Crippen LogP contribution in [0.5, 0.6) is 11.5 Å². The number of hydrogen-bond acceptors (Lipinski definition) is 4. The minimum absolute atomic E-state index is 0.0151. The quantitative estimate of drug-likeness (QED) is 0.886. The molecular weight excluding hydrogens is 240 g/mol. The molecule has 0 fully saturated rings. The molecule has 4 heteroatoms. The van der Waals surface area contributed by atoms with Gasteiger partial charge in [0.05, 0.1) is 7.11 Å². The molecule has 0 aliphatic rings. The molecule has 1 rings (SSSR count). The summed E-state index contributed by atoms with van der Waals surface area (Å²) in [5.41, 5.74) is 0.998. The molecule has 0 bridgehead atoms. The average molecular weight is 262 g/mol. The molecule has 0 aromatic heterocycles. The van der Waals surface area contributed by atoms with Crippen molar-refractivity contribution >= 4 is 0 Å². The first-order valence-electron chi connectivity index (χ1n) is 6.34. The molecular formula is C15H22N2O2. The Morgan fingerprint density at radius 1 is 1.37 bits per heavy atom. The summed E-state index contributed by atoms with van der Waals surface area (Å²) in [5.74, 6) is 1.49. The van der Waals surface area contributed by atoms with Gasteiger partial charge < -0.3 is 14.8 Å². The van der Waals surface area contributed by atoms with Gasteiger partial charge in [-0.15, -0.1) is 0 Å². The maximum absolute atomic E-state index is 8.83. The van der Waals surface area contributed by atoms with Crippen LogP contribution in [0.3, 0.4) is 0 Å². The van der Waals surface area contributed by atoms with Gasteiger partial charge in [0.2, 0.25) is 0 Å². The Kier molecular flexibility index (Phi) is 5.20. The van der Waals surface area contributed by atoms with Gasteiger partial charge in [-0.2, -0.15) is 5.26 Å². The number of ether oxygens (including phenoxy) is 2. The van der Waals surface area contributed by atoms with Gasteiger partial charge in [0, 0.05) is 17.6 Å². The molecule has 0 aliphatic heterocycles. The zero-order chi connectivity index (χ0) is 14.5. The fourth-order valence-corrected chi connectivity index (χ4v) is 1.51. The molecule has 1 N–H and O–H groups in total. The van der Waals surface area contributed by atoms with E-state index >= 15 is 0 Å². The number of nitrogens with one attached hydrogen (secondary N) is 1. The summed E-state index contributed by atoms with van der Waals surface area (Å²) in [6.07, 6.45) is -0.471. The van der Waals surface area contributed by atoms with Crippen LogP contribution < -0.4 is 14.8 Å². The monoisotopic (exact) mass is 262 g/mol. The van der Waals surface area contributed by atoms with Gasteiger partial charge in [-0.1, -0.05) is 0 Å². The molecule has 1 aromatic carbocycles. The van der Waals surface area contributed by atoms with E-state index in [1.54, 1.807) is 14.0 Å². The summed E-state index contributed by atoms with van der Waals surface area (Å²) >= 11 is 0. The van der Waals surface area contributed by atoms with Gasteiger partial charge in [0.25, 0.3) is 0 Å². The summed E-state index contributed by atoms with van der Waals surface area (Å²) in [6, 6.07) is 7.67. The average Bonchev–Trinajstić information content (AvgIpc) is 2.36. The Labute approximate surface area is 115 Å². The Bertz CT molecular complexity index is 458. The molecule has 0 saturated carbocycles. The van der Waals surface area contributed by atoms with Gasteiger partial charge in [-0.3, -0.25) is 0 Å². The second kappa shape index (κ2) is 6.44. The Morgan fingerprint density at radius 2 is 2.05 bits per heavy atom. The maximum atomic E-state index is 8.83. The topological polar surface area (TPSA) is 54.3 Å². The highest BCUT2D eigenvalue weighted by molar-refractivity contribution is 5.40. The third-order valence-corrected chi connectivity index (χ3v) is 2.56. The zero-order valence-corrected chi connectivity index (χ0v) is 12.3. The lowest BCUT2D eigenvalue weighted by atomic mass is 10.1. The van der Waals surface area contributed by atoms with Gasteiger partial charge in [0.15, 0.2) is 6.10 Å². The normalized spacial score (nSPS) is 12.6. The molecule has 19 heavy (non-hydrogen) atoms. The standard InChI is InChI=1S/C15H22N2O2/c1-11(9-16)19-14-7-6-13(18-5)8-12(14)10-17-15(2,3)4/h6-8,11,17H,10H2,1-5H3. The van der Waals surface area contributed by atoms with Crippen molar-refractivity contribution in [2.75, 3.05) is 7.11 Å². The maximum Gasteiger partial charge on any atom is 0.181 e. The van der Waals surface area contributed by atoms with Crippen molar-refractivity contribution in [1.82, 2.24) is 5.32 Å². The van der Waals surface area contributed by atoms with E-state index in [1.807, 2.05) is 18.2 Å². The molecule has 0 heterocycles. The summed E-state index contributed by atoms with van der Waals surface area (Å²) in [4.78, 5) is 0. The van der Waals surface area contributed by atoms with Gasteiger partial charge in [0.1, 0.15) is 17.6 Å². The van der Waals surface area contributed by atoms with E-state index in [0.29, 0.717) is 12.3 Å². The molecule has 1 unspecified atom stereocenters. The lowest BCUT2D eigenvalue weighted by Crippen LogP contribution is -2.35. The van der Waals surface area contributed by atoms with Crippen molar-refractivity contribution in [3.05, 3.63) is 23.8 Å². The SMILES string of the molecule is COc1ccc(OC(C)C#N)c(CNC(C)(C)C)c1. The molecule has 4 nitrogen and oxygen atoms in total. The second-order valence-corrected chi connectivity index (χ2v) is 5.47. The van der Waals surface area contributed by atoms with Crippen LogP contribution in [0, 0.1) is 11.3 Å². The highest BCUT2D eigenvalue weighted by Crippen LogP contribution is 2.25. The van der Waals surface area contributed by atoms with E-state index in [9.17, 15) is 0 Å². The fraction of sp³-hybridized carbons (Fsp3) is 0.533. The highest BCUT2D eigenvalue weighted by Gasteiger charge is 2.13. The Hall–Kier alpha value is -1.73. The molecule has 0 spiro atoms. The third-order valence-electron chi connectivity index (χ3n) is 2.56. The van der Waals surface area contributed by atoms with Crippen molar-refractivity contribution < 1.29 is 9.47 Å². The van der Waals surface area contributed by atoms with Crippen molar-refractivity contribution in [2.45, 2.75) is 45.9 Å². The Morgan fingerprint density at radius 3 is 2.58 bits per heavy atom. The summed E-state index contributed by atoms with van der Waals surface area (Å²) in [5, 5.41) is 12.2. The van der Waals surface area contributed by atoms with E-state index in [2.05, 4.69) is 32.2 Å². The number of nitrogens with zero attached hydrogens (tertiary/aromatic N) is 1. The molecule has 1 aromatic rings. The smallest absolute Gasteiger partial charge is 0.181 e. The van der Waals surface area contributed by atoms with Crippen LogP contribution in [0.2, 0.25) is 0 Å². The van der Waals surface area contributed by atoms with Crippen LogP contribution in [0.4, 0.5) is 0 Å². The number of benzene rings is 1. The number of nitriles is 1. The van der Waals surface area contributed by atoms with Crippen LogP contribution in [-0.4, -0.2) is 18.8 Å². The van der Waals surface area contributed by atoms with E-state index < -0.39 is 6.10 Å². The van der Waals surface area contributed by atoms with Crippen LogP contribution in [0.25, 0.3) is 0 Å². The second-order valence-electron chi connectivity index (χ2n) is 5.47. The minimum atomic E-state index is -0.471. The number of rotatable bonds is 5. The van der Waals surface area contributed by atoms with Crippen LogP contribution in [-0.2, 0) is 6.54 Å². The molecule has 0 radical (unpaired) electrons. The molecule has 0 amide bonds. The van der Waals surface area contributed by atoms with Crippen molar-refractivity contribution in [3.8, 4) is 17.6 Å². The van der Waals surface area contributed by atoms with Crippen LogP contribution in [0.15, 0.2) is 18.2 Å². The minimum Gasteiger partial charge on any atom is -0.497 e. The van der Waals surface area contributed by atoms with Crippen molar-refractivity contribution in [3.63, 3.8) is 0 Å². The predicted octanol–water partition coefficient (Wildman–Crippen LogP) is 2.87. The lowest BCUT2D eigenvalue weighted by Gasteiger charge is -2.22. The summed E-state index contributed by atoms with van der Waals surface area (Å²) in [7, 11) is 1.63. The van der Waals surface area contributed by atoms with E-state index in [0.717, 1.165) is 11.3 Å². The zero-order valence-electron chi connectivity index (χ0n) is 12.3. The molecule has 1 atom stereocenters. The van der Waals surface area contributed by atoms with E-state index in [1.165, 1.54) is 0 Å². The van der Waals surface area contributed by atoms with Crippen molar-refractivity contribution in [1.29, 1.82) is 5.26 Å². The Balaban J connectivity index is 2.93.